The van der Waals surface area contributed by atoms with Crippen LogP contribution in [0.3, 0.4) is 0 Å². The summed E-state index contributed by atoms with van der Waals surface area (Å²) in [4.78, 5) is 12.3. The molecule has 0 atom stereocenters. The summed E-state index contributed by atoms with van der Waals surface area (Å²) in [6.45, 7) is 0.571. The van der Waals surface area contributed by atoms with Gasteiger partial charge < -0.3 is 11.1 Å². The van der Waals surface area contributed by atoms with Gasteiger partial charge >= 0.3 is 0 Å². The maximum Gasteiger partial charge on any atom is 0.251 e. The molecule has 0 heterocycles. The molecular weight excluding hydrogens is 327 g/mol. The SMILES string of the molecule is Cl.Nc1ccc(C(=O)NCC2(c3ccc(F)cc3)CCCC2)cc1. The molecule has 5 heteroatoms. The summed E-state index contributed by atoms with van der Waals surface area (Å²) in [5.74, 6) is -0.328. The number of nitrogens with one attached hydrogen (secondary N) is 1. The number of nitrogens with two attached hydrogens (primary N) is 1. The molecule has 0 radical (unpaired) electrons. The maximum absolute atomic E-state index is 13.2. The van der Waals surface area contributed by atoms with Crippen LogP contribution in [0, 0.1) is 5.82 Å². The largest absolute Gasteiger partial charge is 0.399 e. The van der Waals surface area contributed by atoms with Crippen molar-refractivity contribution in [3.8, 4) is 0 Å². The number of carbonyl (C=O) groups excluding carboxylic acids is 1. The van der Waals surface area contributed by atoms with E-state index >= 15 is 0 Å². The Morgan fingerprint density at radius 3 is 2.21 bits per heavy atom. The van der Waals surface area contributed by atoms with Crippen LogP contribution in [0.4, 0.5) is 10.1 Å². The molecule has 0 aromatic heterocycles. The third-order valence-electron chi connectivity index (χ3n) is 4.78. The summed E-state index contributed by atoms with van der Waals surface area (Å²) in [6, 6.07) is 13.6. The smallest absolute Gasteiger partial charge is 0.251 e. The molecule has 0 aliphatic heterocycles. The Morgan fingerprint density at radius 1 is 1.04 bits per heavy atom. The van der Waals surface area contributed by atoms with E-state index in [2.05, 4.69) is 5.32 Å². The van der Waals surface area contributed by atoms with Gasteiger partial charge in [-0.2, -0.15) is 0 Å². The van der Waals surface area contributed by atoms with Crippen LogP contribution in [0.25, 0.3) is 0 Å². The normalized spacial score (nSPS) is 15.5. The molecule has 0 saturated heterocycles. The first-order valence-corrected chi connectivity index (χ1v) is 7.99. The maximum atomic E-state index is 13.2. The molecule has 128 valence electrons. The van der Waals surface area contributed by atoms with Crippen molar-refractivity contribution in [2.45, 2.75) is 31.1 Å². The fraction of sp³-hybridized carbons (Fsp3) is 0.316. The van der Waals surface area contributed by atoms with Gasteiger partial charge in [0.05, 0.1) is 0 Å². The topological polar surface area (TPSA) is 55.1 Å². The van der Waals surface area contributed by atoms with Crippen LogP contribution in [-0.4, -0.2) is 12.5 Å². The van der Waals surface area contributed by atoms with Crippen molar-refractivity contribution >= 4 is 24.0 Å². The lowest BCUT2D eigenvalue weighted by Crippen LogP contribution is -2.39. The fourth-order valence-electron chi connectivity index (χ4n) is 3.41. The highest BCUT2D eigenvalue weighted by Gasteiger charge is 2.35. The highest BCUT2D eigenvalue weighted by Crippen LogP contribution is 2.40. The van der Waals surface area contributed by atoms with Crippen LogP contribution >= 0.6 is 12.4 Å². The van der Waals surface area contributed by atoms with Crippen molar-refractivity contribution < 1.29 is 9.18 Å². The summed E-state index contributed by atoms with van der Waals surface area (Å²) in [7, 11) is 0. The Bertz CT molecular complexity index is 680. The Morgan fingerprint density at radius 2 is 1.62 bits per heavy atom. The molecule has 2 aromatic rings. The van der Waals surface area contributed by atoms with Gasteiger partial charge in [-0.05, 0) is 54.8 Å². The zero-order valence-corrected chi connectivity index (χ0v) is 14.2. The van der Waals surface area contributed by atoms with Gasteiger partial charge in [0, 0.05) is 23.2 Å². The number of benzene rings is 2. The summed E-state index contributed by atoms with van der Waals surface area (Å²) in [6.07, 6.45) is 4.30. The Hall–Kier alpha value is -2.07. The average molecular weight is 349 g/mol. The Balaban J connectivity index is 0.00000208. The van der Waals surface area contributed by atoms with Gasteiger partial charge in [0.1, 0.15) is 5.82 Å². The molecule has 3 rings (SSSR count). The van der Waals surface area contributed by atoms with Gasteiger partial charge in [-0.1, -0.05) is 25.0 Å². The zero-order valence-electron chi connectivity index (χ0n) is 13.4. The number of hydrogen-bond donors (Lipinski definition) is 2. The molecular formula is C19H22ClFN2O. The molecule has 1 fully saturated rings. The Kier molecular flexibility index (Phi) is 5.84. The second-order valence-corrected chi connectivity index (χ2v) is 6.30. The predicted molar refractivity (Wildman–Crippen MR) is 97.0 cm³/mol. The van der Waals surface area contributed by atoms with Gasteiger partial charge in [0.2, 0.25) is 0 Å². The van der Waals surface area contributed by atoms with E-state index in [1.165, 1.54) is 12.1 Å². The van der Waals surface area contributed by atoms with Crippen LogP contribution in [0.2, 0.25) is 0 Å². The molecule has 2 aromatic carbocycles. The minimum Gasteiger partial charge on any atom is -0.399 e. The van der Waals surface area contributed by atoms with E-state index in [1.54, 1.807) is 24.3 Å². The first-order valence-electron chi connectivity index (χ1n) is 7.99. The lowest BCUT2D eigenvalue weighted by Gasteiger charge is -2.30. The van der Waals surface area contributed by atoms with E-state index in [1.807, 2.05) is 12.1 Å². The summed E-state index contributed by atoms with van der Waals surface area (Å²) in [5.41, 5.74) is 7.91. The van der Waals surface area contributed by atoms with Crippen molar-refractivity contribution in [3.63, 3.8) is 0 Å². The van der Waals surface area contributed by atoms with Gasteiger partial charge in [-0.15, -0.1) is 12.4 Å². The number of hydrogen-bond acceptors (Lipinski definition) is 2. The highest BCUT2D eigenvalue weighted by molar-refractivity contribution is 5.94. The molecule has 1 aliphatic carbocycles. The fourth-order valence-corrected chi connectivity index (χ4v) is 3.41. The zero-order chi connectivity index (χ0) is 16.3. The molecule has 1 aliphatic rings. The van der Waals surface area contributed by atoms with Gasteiger partial charge in [-0.25, -0.2) is 4.39 Å². The quantitative estimate of drug-likeness (QED) is 0.818. The second kappa shape index (κ2) is 7.67. The van der Waals surface area contributed by atoms with Crippen molar-refractivity contribution in [2.75, 3.05) is 12.3 Å². The van der Waals surface area contributed by atoms with E-state index in [9.17, 15) is 9.18 Å². The van der Waals surface area contributed by atoms with Crippen LogP contribution in [0.15, 0.2) is 48.5 Å². The third-order valence-corrected chi connectivity index (χ3v) is 4.78. The van der Waals surface area contributed by atoms with E-state index < -0.39 is 0 Å². The van der Waals surface area contributed by atoms with Crippen LogP contribution in [0.5, 0.6) is 0 Å². The molecule has 3 nitrogen and oxygen atoms in total. The molecule has 1 amide bonds. The number of halogens is 2. The number of amides is 1. The molecule has 0 unspecified atom stereocenters. The average Bonchev–Trinajstić information content (AvgIpc) is 3.04. The minimum atomic E-state index is -0.229. The van der Waals surface area contributed by atoms with Crippen LogP contribution in [-0.2, 0) is 5.41 Å². The lowest BCUT2D eigenvalue weighted by molar-refractivity contribution is 0.0943. The summed E-state index contributed by atoms with van der Waals surface area (Å²) >= 11 is 0. The van der Waals surface area contributed by atoms with Gasteiger partial charge in [0.15, 0.2) is 0 Å². The molecule has 0 spiro atoms. The van der Waals surface area contributed by atoms with Crippen molar-refractivity contribution in [1.29, 1.82) is 0 Å². The first-order chi connectivity index (χ1) is 11.1. The minimum absolute atomic E-state index is 0. The molecule has 3 N–H and O–H groups in total. The number of nitrogen functional groups attached to an aromatic ring is 1. The predicted octanol–water partition coefficient (Wildman–Crippen LogP) is 4.07. The van der Waals surface area contributed by atoms with Gasteiger partial charge in [-0.3, -0.25) is 4.79 Å². The molecule has 1 saturated carbocycles. The third kappa shape index (κ3) is 3.88. The van der Waals surface area contributed by atoms with Crippen LogP contribution in [0.1, 0.15) is 41.6 Å². The number of anilines is 1. The summed E-state index contributed by atoms with van der Waals surface area (Å²) < 4.78 is 13.2. The van der Waals surface area contributed by atoms with Gasteiger partial charge in [0.25, 0.3) is 5.91 Å². The monoisotopic (exact) mass is 348 g/mol. The Labute approximate surface area is 147 Å². The number of carbonyl (C=O) groups is 1. The lowest BCUT2D eigenvalue weighted by atomic mass is 9.78. The van der Waals surface area contributed by atoms with E-state index in [0.29, 0.717) is 17.8 Å². The number of rotatable bonds is 4. The highest BCUT2D eigenvalue weighted by atomic mass is 35.5. The van der Waals surface area contributed by atoms with E-state index in [0.717, 1.165) is 31.2 Å². The van der Waals surface area contributed by atoms with Crippen molar-refractivity contribution in [2.24, 2.45) is 0 Å². The van der Waals surface area contributed by atoms with Crippen LogP contribution < -0.4 is 11.1 Å². The van der Waals surface area contributed by atoms with Crippen molar-refractivity contribution in [1.82, 2.24) is 5.32 Å². The molecule has 0 bridgehead atoms. The molecule has 24 heavy (non-hydrogen) atoms. The van der Waals surface area contributed by atoms with Crippen molar-refractivity contribution in [3.05, 3.63) is 65.5 Å². The summed E-state index contributed by atoms with van der Waals surface area (Å²) in [5, 5.41) is 3.04. The second-order valence-electron chi connectivity index (χ2n) is 6.30. The standard InChI is InChI=1S/C19H21FN2O.ClH/c20-16-7-5-15(6-8-16)19(11-1-2-12-19)13-22-18(23)14-3-9-17(21)10-4-14;/h3-10H,1-2,11-13,21H2,(H,22,23);1H. The first kappa shape index (κ1) is 18.3. The van der Waals surface area contributed by atoms with E-state index in [-0.39, 0.29) is 29.5 Å². The van der Waals surface area contributed by atoms with E-state index in [4.69, 9.17) is 5.73 Å².